The number of thioether (sulfide) groups is 1. The van der Waals surface area contributed by atoms with E-state index in [1.54, 1.807) is 0 Å². The monoisotopic (exact) mass is 189 g/mol. The number of rotatable bonds is 6. The Morgan fingerprint density at radius 1 is 1.67 bits per heavy atom. The van der Waals surface area contributed by atoms with Gasteiger partial charge in [0, 0.05) is 24.8 Å². The minimum atomic E-state index is 0.276. The molecule has 12 heavy (non-hydrogen) atoms. The van der Waals surface area contributed by atoms with Crippen LogP contribution in [-0.4, -0.2) is 42.4 Å². The fourth-order valence-electron chi connectivity index (χ4n) is 0.930. The van der Waals surface area contributed by atoms with Crippen molar-refractivity contribution in [2.45, 2.75) is 19.4 Å². The summed E-state index contributed by atoms with van der Waals surface area (Å²) < 4.78 is 0. The Morgan fingerprint density at radius 2 is 2.25 bits per heavy atom. The first kappa shape index (κ1) is 11.8. The van der Waals surface area contributed by atoms with Crippen LogP contribution in [0.4, 0.5) is 0 Å². The van der Waals surface area contributed by atoms with Gasteiger partial charge in [-0.15, -0.1) is 0 Å². The molecule has 1 atom stereocenters. The first-order valence-corrected chi connectivity index (χ1v) is 5.49. The van der Waals surface area contributed by atoms with Crippen LogP contribution in [0.15, 0.2) is 0 Å². The number of nitrogens with two attached hydrogens (primary N) is 1. The fourth-order valence-corrected chi connectivity index (χ4v) is 1.40. The number of hydrogen-bond donors (Lipinski definition) is 2. The molecule has 0 aliphatic rings. The van der Waals surface area contributed by atoms with Crippen molar-refractivity contribution in [3.63, 3.8) is 0 Å². The van der Waals surface area contributed by atoms with Crippen LogP contribution >= 0.6 is 11.8 Å². The molecule has 0 aliphatic carbocycles. The lowest BCUT2D eigenvalue weighted by atomic mass is 10.2. The Morgan fingerprint density at radius 3 is 2.67 bits per heavy atom. The third kappa shape index (κ3) is 5.43. The quantitative estimate of drug-likeness (QED) is 0.484. The zero-order valence-electron chi connectivity index (χ0n) is 8.13. The van der Waals surface area contributed by atoms with E-state index in [1.807, 2.05) is 11.8 Å². The van der Waals surface area contributed by atoms with Crippen LogP contribution in [0.3, 0.4) is 0 Å². The summed E-state index contributed by atoms with van der Waals surface area (Å²) in [5, 5.41) is 7.14. The topological polar surface area (TPSA) is 53.1 Å². The van der Waals surface area contributed by atoms with Gasteiger partial charge in [-0.2, -0.15) is 11.8 Å². The second kappa shape index (κ2) is 6.31. The number of nitrogens with zero attached hydrogens (tertiary/aromatic N) is 1. The predicted molar refractivity (Wildman–Crippen MR) is 57.0 cm³/mol. The summed E-state index contributed by atoms with van der Waals surface area (Å²) in [7, 11) is 2.07. The zero-order valence-corrected chi connectivity index (χ0v) is 8.95. The summed E-state index contributed by atoms with van der Waals surface area (Å²) in [6, 6.07) is 0.384. The molecule has 0 bridgehead atoms. The van der Waals surface area contributed by atoms with E-state index in [-0.39, 0.29) is 5.84 Å². The molecule has 0 fully saturated rings. The smallest absolute Gasteiger partial charge is 0.0920 e. The highest BCUT2D eigenvalue weighted by Crippen LogP contribution is 2.02. The van der Waals surface area contributed by atoms with Crippen LogP contribution in [-0.2, 0) is 0 Å². The van der Waals surface area contributed by atoms with Crippen LogP contribution in [0, 0.1) is 5.41 Å². The van der Waals surface area contributed by atoms with Crippen molar-refractivity contribution in [2.24, 2.45) is 5.73 Å². The molecular weight excluding hydrogens is 170 g/mol. The highest BCUT2D eigenvalue weighted by molar-refractivity contribution is 7.98. The first-order chi connectivity index (χ1) is 5.57. The molecule has 0 spiro atoms. The summed E-state index contributed by atoms with van der Waals surface area (Å²) in [6.45, 7) is 3.16. The van der Waals surface area contributed by atoms with Crippen LogP contribution in [0.5, 0.6) is 0 Å². The fraction of sp³-hybridized carbons (Fsp3) is 0.875. The second-order valence-electron chi connectivity index (χ2n) is 3.05. The van der Waals surface area contributed by atoms with Gasteiger partial charge in [0.2, 0.25) is 0 Å². The Kier molecular flexibility index (Phi) is 6.20. The third-order valence-corrected chi connectivity index (χ3v) is 2.51. The van der Waals surface area contributed by atoms with Crippen LogP contribution in [0.25, 0.3) is 0 Å². The van der Waals surface area contributed by atoms with Gasteiger partial charge in [-0.1, -0.05) is 0 Å². The maximum Gasteiger partial charge on any atom is 0.0920 e. The molecule has 0 amide bonds. The van der Waals surface area contributed by atoms with Gasteiger partial charge < -0.3 is 10.6 Å². The van der Waals surface area contributed by atoms with E-state index in [2.05, 4.69) is 25.1 Å². The van der Waals surface area contributed by atoms with Crippen molar-refractivity contribution in [1.82, 2.24) is 4.90 Å². The summed E-state index contributed by atoms with van der Waals surface area (Å²) >= 11 is 1.84. The molecule has 0 saturated carbocycles. The lowest BCUT2D eigenvalue weighted by Gasteiger charge is -2.23. The lowest BCUT2D eigenvalue weighted by Crippen LogP contribution is -2.34. The SMILES string of the molecule is CSCCN(C)C(C)CC(=N)N. The van der Waals surface area contributed by atoms with Crippen molar-refractivity contribution in [3.8, 4) is 0 Å². The van der Waals surface area contributed by atoms with Crippen molar-refractivity contribution in [2.75, 3.05) is 25.6 Å². The van der Waals surface area contributed by atoms with E-state index in [0.29, 0.717) is 12.5 Å². The summed E-state index contributed by atoms with van der Waals surface area (Å²) in [5.41, 5.74) is 5.31. The molecule has 3 N–H and O–H groups in total. The molecule has 0 aliphatic heterocycles. The maximum atomic E-state index is 7.14. The van der Waals surface area contributed by atoms with Gasteiger partial charge in [0.15, 0.2) is 0 Å². The van der Waals surface area contributed by atoms with E-state index in [1.165, 1.54) is 0 Å². The molecule has 4 heteroatoms. The van der Waals surface area contributed by atoms with E-state index in [4.69, 9.17) is 11.1 Å². The van der Waals surface area contributed by atoms with Crippen molar-refractivity contribution in [3.05, 3.63) is 0 Å². The molecule has 72 valence electrons. The number of amidine groups is 1. The average molecular weight is 189 g/mol. The number of hydrogen-bond acceptors (Lipinski definition) is 3. The van der Waals surface area contributed by atoms with Gasteiger partial charge in [-0.25, -0.2) is 0 Å². The third-order valence-electron chi connectivity index (χ3n) is 1.92. The largest absolute Gasteiger partial charge is 0.388 e. The molecular formula is C8H19N3S. The summed E-state index contributed by atoms with van der Waals surface area (Å²) in [6.07, 6.45) is 2.77. The number of nitrogens with one attached hydrogen (secondary N) is 1. The molecule has 0 rings (SSSR count). The van der Waals surface area contributed by atoms with Gasteiger partial charge >= 0.3 is 0 Å². The standard InChI is InChI=1S/C8H19N3S/c1-7(6-8(9)10)11(2)4-5-12-3/h7H,4-6H2,1-3H3,(H3,9,10). The van der Waals surface area contributed by atoms with E-state index < -0.39 is 0 Å². The van der Waals surface area contributed by atoms with Gasteiger partial charge in [-0.3, -0.25) is 5.41 Å². The molecule has 0 heterocycles. The average Bonchev–Trinajstić information content (AvgIpc) is 1.98. The molecule has 0 saturated heterocycles. The van der Waals surface area contributed by atoms with E-state index >= 15 is 0 Å². The summed E-state index contributed by atoms with van der Waals surface area (Å²) in [4.78, 5) is 2.23. The van der Waals surface area contributed by atoms with Crippen molar-refractivity contribution in [1.29, 1.82) is 5.41 Å². The Bertz CT molecular complexity index is 138. The Hall–Kier alpha value is -0.220. The van der Waals surface area contributed by atoms with Crippen molar-refractivity contribution >= 4 is 17.6 Å². The predicted octanol–water partition coefficient (Wildman–Crippen LogP) is 0.996. The second-order valence-corrected chi connectivity index (χ2v) is 4.04. The van der Waals surface area contributed by atoms with Crippen LogP contribution < -0.4 is 5.73 Å². The minimum Gasteiger partial charge on any atom is -0.388 e. The zero-order chi connectivity index (χ0) is 9.56. The van der Waals surface area contributed by atoms with E-state index in [0.717, 1.165) is 12.3 Å². The normalized spacial score (nSPS) is 13.3. The Balaban J connectivity index is 3.60. The summed E-state index contributed by atoms with van der Waals surface area (Å²) in [5.74, 6) is 1.41. The highest BCUT2D eigenvalue weighted by atomic mass is 32.2. The maximum absolute atomic E-state index is 7.14. The molecule has 0 radical (unpaired) electrons. The van der Waals surface area contributed by atoms with E-state index in [9.17, 15) is 0 Å². The molecule has 0 aromatic carbocycles. The van der Waals surface area contributed by atoms with Gasteiger partial charge in [-0.05, 0) is 20.2 Å². The first-order valence-electron chi connectivity index (χ1n) is 4.10. The van der Waals surface area contributed by atoms with Gasteiger partial charge in [0.25, 0.3) is 0 Å². The minimum absolute atomic E-state index is 0.276. The molecule has 3 nitrogen and oxygen atoms in total. The van der Waals surface area contributed by atoms with Gasteiger partial charge in [0.1, 0.15) is 0 Å². The van der Waals surface area contributed by atoms with Crippen LogP contribution in [0.1, 0.15) is 13.3 Å². The lowest BCUT2D eigenvalue weighted by molar-refractivity contribution is 0.279. The van der Waals surface area contributed by atoms with Crippen molar-refractivity contribution < 1.29 is 0 Å². The molecule has 1 unspecified atom stereocenters. The highest BCUT2D eigenvalue weighted by Gasteiger charge is 2.08. The van der Waals surface area contributed by atoms with Gasteiger partial charge in [0.05, 0.1) is 5.84 Å². The molecule has 0 aromatic rings. The molecule has 0 aromatic heterocycles. The van der Waals surface area contributed by atoms with Crippen LogP contribution in [0.2, 0.25) is 0 Å². The Labute approximate surface area is 79.2 Å².